The lowest BCUT2D eigenvalue weighted by molar-refractivity contribution is 0.338. The fourth-order valence-corrected chi connectivity index (χ4v) is 5.48. The minimum absolute atomic E-state index is 0.199. The van der Waals surface area contributed by atoms with Crippen LogP contribution in [-0.2, 0) is 10.0 Å². The van der Waals surface area contributed by atoms with Gasteiger partial charge in [0.05, 0.1) is 0 Å². The second-order valence-electron chi connectivity index (χ2n) is 4.95. The Kier molecular flexibility index (Phi) is 2.77. The van der Waals surface area contributed by atoms with E-state index in [4.69, 9.17) is 0 Å². The Hall–Kier alpha value is -0.430. The third-order valence-electron chi connectivity index (χ3n) is 3.82. The lowest BCUT2D eigenvalue weighted by Crippen LogP contribution is -2.32. The van der Waals surface area contributed by atoms with E-state index in [0.717, 1.165) is 25.9 Å². The van der Waals surface area contributed by atoms with Crippen LogP contribution in [0.25, 0.3) is 0 Å². The predicted molar refractivity (Wildman–Crippen MR) is 67.6 cm³/mol. The average Bonchev–Trinajstić information content (AvgIpc) is 3.02. The quantitative estimate of drug-likeness (QED) is 0.878. The highest BCUT2D eigenvalue weighted by Crippen LogP contribution is 2.38. The largest absolute Gasteiger partial charge is 0.316 e. The molecule has 0 bridgehead atoms. The zero-order valence-electron chi connectivity index (χ0n) is 9.55. The number of hydrogen-bond donors (Lipinski definition) is 1. The molecule has 2 aliphatic heterocycles. The molecule has 0 aromatic carbocycles. The van der Waals surface area contributed by atoms with E-state index in [2.05, 4.69) is 5.32 Å². The molecule has 2 aliphatic rings. The van der Waals surface area contributed by atoms with E-state index in [0.29, 0.717) is 17.3 Å². The molecule has 1 aromatic heterocycles. The summed E-state index contributed by atoms with van der Waals surface area (Å²) in [6.45, 7) is 3.33. The molecule has 17 heavy (non-hydrogen) atoms. The van der Waals surface area contributed by atoms with Gasteiger partial charge in [-0.25, -0.2) is 8.42 Å². The van der Waals surface area contributed by atoms with Crippen LogP contribution in [-0.4, -0.2) is 38.9 Å². The third-order valence-corrected chi connectivity index (χ3v) is 7.04. The molecule has 3 heterocycles. The van der Waals surface area contributed by atoms with Gasteiger partial charge in [-0.15, -0.1) is 11.3 Å². The van der Waals surface area contributed by atoms with Crippen LogP contribution in [0.1, 0.15) is 12.8 Å². The van der Waals surface area contributed by atoms with Gasteiger partial charge in [-0.1, -0.05) is 6.07 Å². The van der Waals surface area contributed by atoms with Crippen molar-refractivity contribution in [2.75, 3.05) is 26.2 Å². The Morgan fingerprint density at radius 3 is 2.94 bits per heavy atom. The summed E-state index contributed by atoms with van der Waals surface area (Å²) in [7, 11) is -3.23. The molecule has 4 nitrogen and oxygen atoms in total. The standard InChI is InChI=1S/C11H16N2O2S2/c14-17(15,10-2-1-7-16-10)13-6-4-11(9-13)3-5-12-8-11/h1-2,7,12H,3-6,8-9H2. The van der Waals surface area contributed by atoms with Gasteiger partial charge in [0, 0.05) is 19.6 Å². The van der Waals surface area contributed by atoms with E-state index in [1.807, 2.05) is 5.38 Å². The van der Waals surface area contributed by atoms with Gasteiger partial charge >= 0.3 is 0 Å². The molecule has 2 saturated heterocycles. The van der Waals surface area contributed by atoms with Crippen molar-refractivity contribution in [2.24, 2.45) is 5.41 Å². The first-order valence-electron chi connectivity index (χ1n) is 5.87. The summed E-state index contributed by atoms with van der Waals surface area (Å²) in [5.41, 5.74) is 0.199. The smallest absolute Gasteiger partial charge is 0.252 e. The Morgan fingerprint density at radius 1 is 1.41 bits per heavy atom. The SMILES string of the molecule is O=S(=O)(c1cccs1)N1CCC2(CCNC2)C1. The van der Waals surface area contributed by atoms with Crippen LogP contribution in [0.4, 0.5) is 0 Å². The van der Waals surface area contributed by atoms with Gasteiger partial charge in [0.25, 0.3) is 10.0 Å². The molecule has 1 N–H and O–H groups in total. The highest BCUT2D eigenvalue weighted by Gasteiger charge is 2.44. The van der Waals surface area contributed by atoms with Gasteiger partial charge in [0.2, 0.25) is 0 Å². The minimum Gasteiger partial charge on any atom is -0.316 e. The van der Waals surface area contributed by atoms with Crippen molar-refractivity contribution in [1.82, 2.24) is 9.62 Å². The number of nitrogens with zero attached hydrogens (tertiary/aromatic N) is 1. The summed E-state index contributed by atoms with van der Waals surface area (Å²) < 4.78 is 26.8. The van der Waals surface area contributed by atoms with Crippen LogP contribution in [0.3, 0.4) is 0 Å². The van der Waals surface area contributed by atoms with E-state index in [-0.39, 0.29) is 5.41 Å². The molecule has 0 aliphatic carbocycles. The van der Waals surface area contributed by atoms with Crippen molar-refractivity contribution in [3.63, 3.8) is 0 Å². The van der Waals surface area contributed by atoms with Crippen molar-refractivity contribution in [3.05, 3.63) is 17.5 Å². The Labute approximate surface area is 106 Å². The summed E-state index contributed by atoms with van der Waals surface area (Å²) in [5, 5.41) is 5.16. The van der Waals surface area contributed by atoms with Gasteiger partial charge in [-0.3, -0.25) is 0 Å². The molecule has 0 saturated carbocycles. The van der Waals surface area contributed by atoms with Crippen LogP contribution in [0.5, 0.6) is 0 Å². The van der Waals surface area contributed by atoms with E-state index >= 15 is 0 Å². The first-order valence-corrected chi connectivity index (χ1v) is 8.19. The zero-order valence-corrected chi connectivity index (χ0v) is 11.2. The maximum absolute atomic E-state index is 12.4. The molecule has 1 unspecified atom stereocenters. The topological polar surface area (TPSA) is 49.4 Å². The van der Waals surface area contributed by atoms with Crippen molar-refractivity contribution < 1.29 is 8.42 Å². The summed E-state index contributed by atoms with van der Waals surface area (Å²) in [4.78, 5) is 0. The van der Waals surface area contributed by atoms with Crippen molar-refractivity contribution in [1.29, 1.82) is 0 Å². The molecule has 94 valence electrons. The summed E-state index contributed by atoms with van der Waals surface area (Å²) in [5.74, 6) is 0. The molecular formula is C11H16N2O2S2. The van der Waals surface area contributed by atoms with Gasteiger partial charge in [-0.2, -0.15) is 4.31 Å². The maximum atomic E-state index is 12.4. The van der Waals surface area contributed by atoms with Gasteiger partial charge in [0.15, 0.2) is 0 Å². The summed E-state index contributed by atoms with van der Waals surface area (Å²) >= 11 is 1.30. The first-order chi connectivity index (χ1) is 8.12. The van der Waals surface area contributed by atoms with E-state index in [1.165, 1.54) is 11.3 Å². The number of nitrogens with one attached hydrogen (secondary N) is 1. The van der Waals surface area contributed by atoms with Crippen molar-refractivity contribution >= 4 is 21.4 Å². The third kappa shape index (κ3) is 1.93. The van der Waals surface area contributed by atoms with Crippen LogP contribution >= 0.6 is 11.3 Å². The Balaban J connectivity index is 1.83. The second kappa shape index (κ2) is 4.05. The molecule has 0 amide bonds. The Morgan fingerprint density at radius 2 is 2.29 bits per heavy atom. The Bertz CT molecular complexity index is 490. The normalized spacial score (nSPS) is 30.4. The molecule has 0 radical (unpaired) electrons. The molecule has 6 heteroatoms. The first kappa shape index (κ1) is 11.6. The summed E-state index contributed by atoms with van der Waals surface area (Å²) in [6.07, 6.45) is 2.09. The minimum atomic E-state index is -3.23. The van der Waals surface area contributed by atoms with Gasteiger partial charge in [-0.05, 0) is 36.2 Å². The van der Waals surface area contributed by atoms with Crippen molar-refractivity contribution in [2.45, 2.75) is 17.1 Å². The number of hydrogen-bond acceptors (Lipinski definition) is 4. The van der Waals surface area contributed by atoms with E-state index in [9.17, 15) is 8.42 Å². The maximum Gasteiger partial charge on any atom is 0.252 e. The lowest BCUT2D eigenvalue weighted by Gasteiger charge is -2.22. The zero-order chi connectivity index (χ0) is 11.9. The number of sulfonamides is 1. The molecule has 1 atom stereocenters. The molecule has 3 rings (SSSR count). The average molecular weight is 272 g/mol. The molecular weight excluding hydrogens is 256 g/mol. The molecule has 1 aromatic rings. The van der Waals surface area contributed by atoms with E-state index in [1.54, 1.807) is 16.4 Å². The second-order valence-corrected chi connectivity index (χ2v) is 8.06. The summed E-state index contributed by atoms with van der Waals surface area (Å²) in [6, 6.07) is 3.48. The van der Waals surface area contributed by atoms with Gasteiger partial charge < -0.3 is 5.32 Å². The van der Waals surface area contributed by atoms with E-state index < -0.39 is 10.0 Å². The van der Waals surface area contributed by atoms with Crippen LogP contribution in [0, 0.1) is 5.41 Å². The highest BCUT2D eigenvalue weighted by molar-refractivity contribution is 7.91. The van der Waals surface area contributed by atoms with Crippen LogP contribution < -0.4 is 5.32 Å². The predicted octanol–water partition coefficient (Wildman–Crippen LogP) is 1.12. The lowest BCUT2D eigenvalue weighted by atomic mass is 9.87. The van der Waals surface area contributed by atoms with Crippen LogP contribution in [0.15, 0.2) is 21.7 Å². The fraction of sp³-hybridized carbons (Fsp3) is 0.636. The van der Waals surface area contributed by atoms with Crippen molar-refractivity contribution in [3.8, 4) is 0 Å². The molecule has 1 spiro atoms. The monoisotopic (exact) mass is 272 g/mol. The molecule has 2 fully saturated rings. The number of rotatable bonds is 2. The highest BCUT2D eigenvalue weighted by atomic mass is 32.2. The number of thiophene rings is 1. The van der Waals surface area contributed by atoms with Gasteiger partial charge in [0.1, 0.15) is 4.21 Å². The van der Waals surface area contributed by atoms with Crippen LogP contribution in [0.2, 0.25) is 0 Å². The fourth-order valence-electron chi connectivity index (χ4n) is 2.78.